The third kappa shape index (κ3) is 4.12. The zero-order valence-corrected chi connectivity index (χ0v) is 17.7. The van der Waals surface area contributed by atoms with E-state index in [-0.39, 0.29) is 17.8 Å². The molecule has 5 rings (SSSR count). The van der Waals surface area contributed by atoms with Crippen LogP contribution < -0.4 is 4.74 Å². The van der Waals surface area contributed by atoms with Crippen LogP contribution in [0.1, 0.15) is 18.6 Å². The van der Waals surface area contributed by atoms with Crippen LogP contribution in [0.2, 0.25) is 0 Å². The molecular weight excluding hydrogens is 403 g/mol. The molecule has 0 aliphatic rings. The Labute approximate surface area is 185 Å². The summed E-state index contributed by atoms with van der Waals surface area (Å²) < 4.78 is 23.7. The Hall–Kier alpha value is -3.93. The Morgan fingerprint density at radius 2 is 1.81 bits per heavy atom. The molecule has 6 heteroatoms. The fraction of sp³-hybridized carbons (Fsp3) is 0.154. The number of nitrogens with zero attached hydrogens (tertiary/aromatic N) is 4. The number of rotatable bonds is 7. The maximum absolute atomic E-state index is 13.3. The monoisotopic (exact) mass is 426 g/mol. The molecule has 0 bridgehead atoms. The molecule has 0 fully saturated rings. The predicted octanol–water partition coefficient (Wildman–Crippen LogP) is 5.82. The lowest BCUT2D eigenvalue weighted by Gasteiger charge is -2.26. The van der Waals surface area contributed by atoms with Crippen LogP contribution in [-0.4, -0.2) is 19.3 Å². The Balaban J connectivity index is 1.44. The standard InChI is InChI=1S/C26H23FN4O/c1-19(17-30-14-13-28-18-30)26(20-5-3-2-4-6-20)32-24-11-12-25-21(15-24)16-29-31(25)23-9-7-22(27)8-10-23/h2-16,18-19,26H,17H2,1H3/t19-,26+/m0/s1. The highest BCUT2D eigenvalue weighted by Gasteiger charge is 2.22. The van der Waals surface area contributed by atoms with Gasteiger partial charge in [0.1, 0.15) is 17.7 Å². The Morgan fingerprint density at radius 3 is 2.56 bits per heavy atom. The van der Waals surface area contributed by atoms with Gasteiger partial charge in [-0.2, -0.15) is 5.10 Å². The number of hydrogen-bond acceptors (Lipinski definition) is 3. The summed E-state index contributed by atoms with van der Waals surface area (Å²) in [6.45, 7) is 2.98. The van der Waals surface area contributed by atoms with Crippen LogP contribution in [0.5, 0.6) is 5.75 Å². The second-order valence-electron chi connectivity index (χ2n) is 7.94. The summed E-state index contributed by atoms with van der Waals surface area (Å²) in [4.78, 5) is 4.15. The summed E-state index contributed by atoms with van der Waals surface area (Å²) >= 11 is 0. The number of benzene rings is 3. The van der Waals surface area contributed by atoms with Crippen molar-refractivity contribution in [3.05, 3.63) is 109 Å². The van der Waals surface area contributed by atoms with Gasteiger partial charge in [-0.15, -0.1) is 0 Å². The molecule has 5 nitrogen and oxygen atoms in total. The van der Waals surface area contributed by atoms with Crippen molar-refractivity contribution >= 4 is 10.9 Å². The number of imidazole rings is 1. The zero-order chi connectivity index (χ0) is 21.9. The van der Waals surface area contributed by atoms with Gasteiger partial charge >= 0.3 is 0 Å². The fourth-order valence-electron chi connectivity index (χ4n) is 4.00. The van der Waals surface area contributed by atoms with Gasteiger partial charge in [0.2, 0.25) is 0 Å². The van der Waals surface area contributed by atoms with Crippen LogP contribution in [0.3, 0.4) is 0 Å². The number of aromatic nitrogens is 4. The second kappa shape index (κ2) is 8.67. The largest absolute Gasteiger partial charge is 0.485 e. The van der Waals surface area contributed by atoms with Gasteiger partial charge in [-0.25, -0.2) is 14.1 Å². The molecule has 0 spiro atoms. The summed E-state index contributed by atoms with van der Waals surface area (Å²) in [7, 11) is 0. The predicted molar refractivity (Wildman–Crippen MR) is 122 cm³/mol. The van der Waals surface area contributed by atoms with Crippen LogP contribution in [0.4, 0.5) is 4.39 Å². The molecule has 0 saturated carbocycles. The average molecular weight is 426 g/mol. The molecule has 0 aliphatic carbocycles. The first-order valence-electron chi connectivity index (χ1n) is 10.6. The average Bonchev–Trinajstić information content (AvgIpc) is 3.48. The summed E-state index contributed by atoms with van der Waals surface area (Å²) in [5.41, 5.74) is 2.88. The number of ether oxygens (including phenoxy) is 1. The number of fused-ring (bicyclic) bond motifs is 1. The molecule has 3 aromatic carbocycles. The first kappa shape index (κ1) is 20.0. The molecule has 0 amide bonds. The van der Waals surface area contributed by atoms with Crippen molar-refractivity contribution in [2.24, 2.45) is 5.92 Å². The lowest BCUT2D eigenvalue weighted by molar-refractivity contribution is 0.133. The lowest BCUT2D eigenvalue weighted by atomic mass is 9.97. The van der Waals surface area contributed by atoms with E-state index in [2.05, 4.69) is 33.7 Å². The van der Waals surface area contributed by atoms with Crippen LogP contribution in [0.25, 0.3) is 16.6 Å². The highest BCUT2D eigenvalue weighted by Crippen LogP contribution is 2.31. The minimum absolute atomic E-state index is 0.122. The van der Waals surface area contributed by atoms with E-state index in [0.717, 1.165) is 34.4 Å². The zero-order valence-electron chi connectivity index (χ0n) is 17.7. The first-order chi connectivity index (χ1) is 15.7. The summed E-state index contributed by atoms with van der Waals surface area (Å²) in [6.07, 6.45) is 7.27. The molecule has 2 atom stereocenters. The van der Waals surface area contributed by atoms with E-state index in [9.17, 15) is 4.39 Å². The van der Waals surface area contributed by atoms with Crippen molar-refractivity contribution in [3.8, 4) is 11.4 Å². The summed E-state index contributed by atoms with van der Waals surface area (Å²) in [5, 5.41) is 5.45. The number of halogens is 1. The van der Waals surface area contributed by atoms with Gasteiger partial charge in [-0.1, -0.05) is 37.3 Å². The van der Waals surface area contributed by atoms with Crippen LogP contribution in [0.15, 0.2) is 97.7 Å². The molecule has 2 aromatic heterocycles. The van der Waals surface area contributed by atoms with Crippen molar-refractivity contribution in [1.82, 2.24) is 19.3 Å². The first-order valence-corrected chi connectivity index (χ1v) is 10.6. The fourth-order valence-corrected chi connectivity index (χ4v) is 4.00. The highest BCUT2D eigenvalue weighted by molar-refractivity contribution is 5.81. The molecule has 0 saturated heterocycles. The smallest absolute Gasteiger partial charge is 0.128 e. The molecular formula is C26H23FN4O. The highest BCUT2D eigenvalue weighted by atomic mass is 19.1. The maximum Gasteiger partial charge on any atom is 0.128 e. The van der Waals surface area contributed by atoms with Gasteiger partial charge in [-0.3, -0.25) is 0 Å². The number of hydrogen-bond donors (Lipinski definition) is 0. The normalized spacial score (nSPS) is 13.2. The third-order valence-corrected chi connectivity index (χ3v) is 5.58. The molecule has 0 N–H and O–H groups in total. The quantitative estimate of drug-likeness (QED) is 0.330. The Morgan fingerprint density at radius 1 is 1.00 bits per heavy atom. The van der Waals surface area contributed by atoms with E-state index >= 15 is 0 Å². The third-order valence-electron chi connectivity index (χ3n) is 5.58. The van der Waals surface area contributed by atoms with E-state index in [1.807, 2.05) is 48.9 Å². The summed E-state index contributed by atoms with van der Waals surface area (Å²) in [5.74, 6) is 0.726. The van der Waals surface area contributed by atoms with Gasteiger partial charge in [0.05, 0.1) is 23.7 Å². The minimum Gasteiger partial charge on any atom is -0.485 e. The van der Waals surface area contributed by atoms with Crippen molar-refractivity contribution in [2.45, 2.75) is 19.6 Å². The Bertz CT molecular complexity index is 1300. The van der Waals surface area contributed by atoms with Crippen LogP contribution in [0, 0.1) is 11.7 Å². The Kier molecular flexibility index (Phi) is 5.42. The van der Waals surface area contributed by atoms with E-state index in [1.54, 1.807) is 29.2 Å². The van der Waals surface area contributed by atoms with Crippen molar-refractivity contribution in [3.63, 3.8) is 0 Å². The molecule has 0 radical (unpaired) electrons. The molecule has 5 aromatic rings. The van der Waals surface area contributed by atoms with E-state index < -0.39 is 0 Å². The second-order valence-corrected chi connectivity index (χ2v) is 7.94. The van der Waals surface area contributed by atoms with Gasteiger partial charge in [0, 0.05) is 30.2 Å². The van der Waals surface area contributed by atoms with Gasteiger partial charge < -0.3 is 9.30 Å². The van der Waals surface area contributed by atoms with Crippen LogP contribution >= 0.6 is 0 Å². The van der Waals surface area contributed by atoms with E-state index in [1.165, 1.54) is 12.1 Å². The van der Waals surface area contributed by atoms with Gasteiger partial charge in [-0.05, 0) is 48.0 Å². The molecule has 160 valence electrons. The molecule has 0 aliphatic heterocycles. The molecule has 0 unspecified atom stereocenters. The van der Waals surface area contributed by atoms with E-state index in [4.69, 9.17) is 4.74 Å². The topological polar surface area (TPSA) is 44.9 Å². The molecule has 2 heterocycles. The summed E-state index contributed by atoms with van der Waals surface area (Å²) in [6, 6.07) is 22.5. The van der Waals surface area contributed by atoms with Crippen molar-refractivity contribution < 1.29 is 9.13 Å². The van der Waals surface area contributed by atoms with E-state index in [0.29, 0.717) is 0 Å². The van der Waals surface area contributed by atoms with Gasteiger partial charge in [0.25, 0.3) is 0 Å². The van der Waals surface area contributed by atoms with Crippen molar-refractivity contribution in [1.29, 1.82) is 0 Å². The maximum atomic E-state index is 13.3. The van der Waals surface area contributed by atoms with Crippen LogP contribution in [-0.2, 0) is 6.54 Å². The molecule has 32 heavy (non-hydrogen) atoms. The minimum atomic E-state index is -0.266. The lowest BCUT2D eigenvalue weighted by Crippen LogP contribution is -2.20. The SMILES string of the molecule is C[C@@H](Cn1ccnc1)[C@@H](Oc1ccc2c(cnn2-c2ccc(F)cc2)c1)c1ccccc1. The van der Waals surface area contributed by atoms with Crippen molar-refractivity contribution in [2.75, 3.05) is 0 Å². The van der Waals surface area contributed by atoms with Gasteiger partial charge in [0.15, 0.2) is 0 Å².